The number of rotatable bonds is 0. The van der Waals surface area contributed by atoms with Crippen LogP contribution in [0.5, 0.6) is 0 Å². The molecule has 0 saturated heterocycles. The van der Waals surface area contributed by atoms with Crippen molar-refractivity contribution in [3.8, 4) is 0 Å². The summed E-state index contributed by atoms with van der Waals surface area (Å²) < 4.78 is 4.66. The third-order valence-electron chi connectivity index (χ3n) is 7.41. The van der Waals surface area contributed by atoms with Gasteiger partial charge in [-0.2, -0.15) is 0 Å². The molecule has 0 N–H and O–H groups in total. The molecule has 0 fully saturated rings. The number of benzene rings is 1. The van der Waals surface area contributed by atoms with Crippen LogP contribution in [0.25, 0.3) is 0 Å². The highest BCUT2D eigenvalue weighted by atomic mass is 16.2. The van der Waals surface area contributed by atoms with Crippen molar-refractivity contribution in [2.45, 2.75) is 36.8 Å². The molecule has 2 aliphatic heterocycles. The van der Waals surface area contributed by atoms with Crippen molar-refractivity contribution in [2.24, 2.45) is 12.5 Å². The molecule has 126 valence electrons. The maximum Gasteiger partial charge on any atom is 0.347 e. The van der Waals surface area contributed by atoms with Crippen molar-refractivity contribution >= 4 is 0 Å². The number of hydrogen-bond acceptors (Lipinski definition) is 2. The van der Waals surface area contributed by atoms with E-state index in [-0.39, 0.29) is 28.3 Å². The van der Waals surface area contributed by atoms with E-state index >= 15 is 0 Å². The van der Waals surface area contributed by atoms with E-state index in [1.54, 1.807) is 16.4 Å². The molecule has 0 saturated carbocycles. The van der Waals surface area contributed by atoms with Gasteiger partial charge >= 0.3 is 11.4 Å². The van der Waals surface area contributed by atoms with Crippen LogP contribution < -0.4 is 11.4 Å². The number of hydrogen-bond donors (Lipinski definition) is 0. The van der Waals surface area contributed by atoms with Gasteiger partial charge in [-0.25, -0.2) is 23.5 Å². The monoisotopic (exact) mass is 333 g/mol. The lowest BCUT2D eigenvalue weighted by molar-refractivity contribution is -0.0557. The second-order valence-electron chi connectivity index (χ2n) is 8.07. The zero-order valence-corrected chi connectivity index (χ0v) is 14.3. The molecule has 1 aromatic heterocycles. The molecule has 0 radical (unpaired) electrons. The molecular formula is C20H19N3O2. The van der Waals surface area contributed by atoms with Gasteiger partial charge in [0.05, 0.1) is 17.0 Å². The van der Waals surface area contributed by atoms with Crippen molar-refractivity contribution in [3.63, 3.8) is 0 Å². The minimum atomic E-state index is -0.579. The van der Waals surface area contributed by atoms with Gasteiger partial charge in [-0.15, -0.1) is 0 Å². The quantitative estimate of drug-likeness (QED) is 0.688. The molecule has 0 amide bonds. The second kappa shape index (κ2) is 3.66. The Labute approximate surface area is 144 Å². The van der Waals surface area contributed by atoms with Crippen LogP contribution in [0, 0.1) is 5.41 Å². The molecule has 5 nitrogen and oxygen atoms in total. The summed E-state index contributed by atoms with van der Waals surface area (Å²) >= 11 is 0. The van der Waals surface area contributed by atoms with Gasteiger partial charge in [0.2, 0.25) is 0 Å². The van der Waals surface area contributed by atoms with E-state index in [0.717, 1.165) is 12.8 Å². The number of nitrogens with zero attached hydrogens (tertiary/aromatic N) is 3. The van der Waals surface area contributed by atoms with Gasteiger partial charge < -0.3 is 0 Å². The topological polar surface area (TPSA) is 48.9 Å². The molecular weight excluding hydrogens is 314 g/mol. The Hall–Kier alpha value is -2.56. The smallest absolute Gasteiger partial charge is 0.246 e. The Bertz CT molecular complexity index is 1150. The first kappa shape index (κ1) is 13.7. The van der Waals surface area contributed by atoms with Crippen LogP contribution in [0.3, 0.4) is 0 Å². The maximum absolute atomic E-state index is 12.9. The third kappa shape index (κ3) is 1.06. The fraction of sp³-hybridized carbons (Fsp3) is 0.400. The molecule has 4 atom stereocenters. The minimum absolute atomic E-state index is 0.103. The lowest BCUT2D eigenvalue weighted by atomic mass is 9.37. The standard InChI is InChI=1S/C20H19N3O2/c1-18-9-8-15(22-16(24)21(2)17(25)23(18)22)19-10-7-13-5-3-4-6-14(13)20(18,19)12-11-19/h3-6,8-9,11-12,15H,7,10H2,1-2H3/t15-,18-,19+,20+/m0/s1. The van der Waals surface area contributed by atoms with Crippen LogP contribution in [-0.2, 0) is 24.4 Å². The van der Waals surface area contributed by atoms with Gasteiger partial charge in [-0.1, -0.05) is 48.6 Å². The Kier molecular flexibility index (Phi) is 2.01. The molecule has 2 aromatic rings. The molecule has 0 spiro atoms. The molecule has 5 aliphatic rings. The largest absolute Gasteiger partial charge is 0.347 e. The minimum Gasteiger partial charge on any atom is -0.246 e. The second-order valence-corrected chi connectivity index (χ2v) is 8.07. The van der Waals surface area contributed by atoms with Crippen LogP contribution in [0.15, 0.2) is 58.2 Å². The molecule has 7 rings (SSSR count). The Balaban J connectivity index is 1.82. The Morgan fingerprint density at radius 3 is 2.64 bits per heavy atom. The van der Waals surface area contributed by atoms with Crippen molar-refractivity contribution in [2.75, 3.05) is 0 Å². The van der Waals surface area contributed by atoms with Gasteiger partial charge in [0, 0.05) is 12.5 Å². The number of aryl methyl sites for hydroxylation is 1. The predicted molar refractivity (Wildman–Crippen MR) is 93.8 cm³/mol. The van der Waals surface area contributed by atoms with Crippen LogP contribution >= 0.6 is 0 Å². The summed E-state index contributed by atoms with van der Waals surface area (Å²) in [7, 11) is 1.58. The van der Waals surface area contributed by atoms with E-state index in [1.165, 1.54) is 15.7 Å². The van der Waals surface area contributed by atoms with Gasteiger partial charge in [0.25, 0.3) is 0 Å². The fourth-order valence-corrected chi connectivity index (χ4v) is 6.28. The van der Waals surface area contributed by atoms with E-state index in [9.17, 15) is 9.59 Å². The normalized spacial score (nSPS) is 38.6. The van der Waals surface area contributed by atoms with Crippen molar-refractivity contribution in [3.05, 3.63) is 80.7 Å². The summed E-state index contributed by atoms with van der Waals surface area (Å²) in [6.45, 7) is 2.11. The third-order valence-corrected chi connectivity index (χ3v) is 7.41. The van der Waals surface area contributed by atoms with Gasteiger partial charge in [0.15, 0.2) is 0 Å². The number of fused-ring (bicyclic) bond motifs is 1. The predicted octanol–water partition coefficient (Wildman–Crippen LogP) is 1.63. The lowest BCUT2D eigenvalue weighted by Crippen LogP contribution is -2.74. The molecule has 5 heteroatoms. The molecule has 3 heterocycles. The van der Waals surface area contributed by atoms with E-state index in [1.807, 2.05) is 0 Å². The van der Waals surface area contributed by atoms with Gasteiger partial charge in [0.1, 0.15) is 0 Å². The summed E-state index contributed by atoms with van der Waals surface area (Å²) in [6, 6.07) is 8.49. The zero-order chi connectivity index (χ0) is 17.2. The Morgan fingerprint density at radius 1 is 1.08 bits per heavy atom. The zero-order valence-electron chi connectivity index (χ0n) is 14.3. The van der Waals surface area contributed by atoms with E-state index in [2.05, 4.69) is 55.5 Å². The summed E-state index contributed by atoms with van der Waals surface area (Å²) in [6.07, 6.45) is 10.9. The van der Waals surface area contributed by atoms with Gasteiger partial charge in [-0.3, -0.25) is 0 Å². The SMILES string of the molecule is Cn1c(=O)n2n(c1=O)[C@@]1(C)C=C[C@H]2[C@@]23C=C[C@]21c1ccccc1CC3. The van der Waals surface area contributed by atoms with Crippen LogP contribution in [-0.4, -0.2) is 13.9 Å². The maximum atomic E-state index is 12.9. The average molecular weight is 333 g/mol. The lowest BCUT2D eigenvalue weighted by Gasteiger charge is -2.71. The first-order chi connectivity index (χ1) is 12.0. The Morgan fingerprint density at radius 2 is 1.88 bits per heavy atom. The summed E-state index contributed by atoms with van der Waals surface area (Å²) in [4.78, 5) is 25.7. The van der Waals surface area contributed by atoms with Crippen LogP contribution in [0.1, 0.15) is 30.5 Å². The summed E-state index contributed by atoms with van der Waals surface area (Å²) in [5, 5.41) is 0. The van der Waals surface area contributed by atoms with E-state index < -0.39 is 5.54 Å². The van der Waals surface area contributed by atoms with E-state index in [4.69, 9.17) is 0 Å². The molecule has 1 aromatic carbocycles. The molecule has 2 bridgehead atoms. The highest BCUT2D eigenvalue weighted by molar-refractivity contribution is 5.59. The first-order valence-corrected chi connectivity index (χ1v) is 8.87. The van der Waals surface area contributed by atoms with E-state index in [0.29, 0.717) is 0 Å². The molecule has 25 heavy (non-hydrogen) atoms. The fourth-order valence-electron chi connectivity index (χ4n) is 6.28. The van der Waals surface area contributed by atoms with Crippen molar-refractivity contribution in [1.29, 1.82) is 0 Å². The number of allylic oxidation sites excluding steroid dienone is 4. The van der Waals surface area contributed by atoms with Crippen LogP contribution in [0.4, 0.5) is 0 Å². The highest BCUT2D eigenvalue weighted by Gasteiger charge is 2.74. The van der Waals surface area contributed by atoms with Crippen LogP contribution in [0.2, 0.25) is 0 Å². The summed E-state index contributed by atoms with van der Waals surface area (Å²) in [5.74, 6) is 0. The molecule has 3 aliphatic carbocycles. The first-order valence-electron chi connectivity index (χ1n) is 8.87. The average Bonchev–Trinajstić information content (AvgIpc) is 2.82. The number of aromatic nitrogens is 3. The summed E-state index contributed by atoms with van der Waals surface area (Å²) in [5.41, 5.74) is 1.28. The van der Waals surface area contributed by atoms with Gasteiger partial charge in [-0.05, 0) is 30.9 Å². The van der Waals surface area contributed by atoms with Crippen molar-refractivity contribution in [1.82, 2.24) is 13.9 Å². The molecule has 0 unspecified atom stereocenters. The van der Waals surface area contributed by atoms with Crippen molar-refractivity contribution < 1.29 is 0 Å². The highest BCUT2D eigenvalue weighted by Crippen LogP contribution is 2.72.